The number of piperidine rings is 1. The van der Waals surface area contributed by atoms with Crippen LogP contribution in [0.3, 0.4) is 0 Å². The van der Waals surface area contributed by atoms with E-state index < -0.39 is 0 Å². The van der Waals surface area contributed by atoms with Crippen LogP contribution in [-0.2, 0) is 0 Å². The summed E-state index contributed by atoms with van der Waals surface area (Å²) >= 11 is 0. The zero-order valence-corrected chi connectivity index (χ0v) is 12.4. The molecular weight excluding hydrogens is 232 g/mol. The number of hydrogen-bond donors (Lipinski definition) is 1. The first-order chi connectivity index (χ1) is 9.16. The zero-order chi connectivity index (χ0) is 13.7. The highest BCUT2D eigenvalue weighted by atomic mass is 15.2. The van der Waals surface area contributed by atoms with Gasteiger partial charge in [-0.05, 0) is 50.6 Å². The molecule has 19 heavy (non-hydrogen) atoms. The smallest absolute Gasteiger partial charge is 0.0295 e. The first-order valence-corrected chi connectivity index (χ1v) is 7.71. The van der Waals surface area contributed by atoms with Gasteiger partial charge in [-0.25, -0.2) is 0 Å². The molecule has 0 spiro atoms. The predicted molar refractivity (Wildman–Crippen MR) is 82.0 cm³/mol. The molecule has 1 aliphatic rings. The van der Waals surface area contributed by atoms with E-state index >= 15 is 0 Å². The molecule has 3 atom stereocenters. The topological polar surface area (TPSA) is 29.3 Å². The first-order valence-electron chi connectivity index (χ1n) is 7.71. The van der Waals surface area contributed by atoms with Gasteiger partial charge in [0.15, 0.2) is 0 Å². The molecule has 3 unspecified atom stereocenters. The third kappa shape index (κ3) is 4.32. The highest BCUT2D eigenvalue weighted by Gasteiger charge is 2.22. The second kappa shape index (κ2) is 7.06. The van der Waals surface area contributed by atoms with Gasteiger partial charge in [-0.15, -0.1) is 0 Å². The first kappa shape index (κ1) is 14.5. The molecule has 0 bridgehead atoms. The number of nitrogens with two attached hydrogens (primary N) is 1. The summed E-state index contributed by atoms with van der Waals surface area (Å²) in [5, 5.41) is 0. The quantitative estimate of drug-likeness (QED) is 0.876. The standard InChI is InChI=1S/C17H28N2/c1-14-10-11-15(2)19(13-14)12-6-9-17(18)16-7-4-3-5-8-16/h3-5,7-8,14-15,17H,6,9-13,18H2,1-2H3. The Morgan fingerprint density at radius 3 is 2.68 bits per heavy atom. The van der Waals surface area contributed by atoms with Crippen molar-refractivity contribution in [1.29, 1.82) is 0 Å². The fraction of sp³-hybridized carbons (Fsp3) is 0.647. The van der Waals surface area contributed by atoms with Crippen LogP contribution in [-0.4, -0.2) is 24.0 Å². The fourth-order valence-corrected chi connectivity index (χ4v) is 3.07. The monoisotopic (exact) mass is 260 g/mol. The lowest BCUT2D eigenvalue weighted by molar-refractivity contribution is 0.122. The van der Waals surface area contributed by atoms with Gasteiger partial charge in [-0.2, -0.15) is 0 Å². The lowest BCUT2D eigenvalue weighted by Crippen LogP contribution is -2.41. The van der Waals surface area contributed by atoms with Crippen molar-refractivity contribution in [3.63, 3.8) is 0 Å². The van der Waals surface area contributed by atoms with Gasteiger partial charge >= 0.3 is 0 Å². The summed E-state index contributed by atoms with van der Waals surface area (Å²) in [4.78, 5) is 2.64. The number of benzene rings is 1. The number of rotatable bonds is 5. The average molecular weight is 260 g/mol. The van der Waals surface area contributed by atoms with Crippen LogP contribution in [0.5, 0.6) is 0 Å². The van der Waals surface area contributed by atoms with E-state index in [2.05, 4.69) is 43.0 Å². The molecule has 1 aromatic carbocycles. The van der Waals surface area contributed by atoms with Gasteiger partial charge in [-0.1, -0.05) is 37.3 Å². The third-order valence-electron chi connectivity index (χ3n) is 4.43. The van der Waals surface area contributed by atoms with Crippen molar-refractivity contribution in [2.45, 2.75) is 51.6 Å². The van der Waals surface area contributed by atoms with Crippen molar-refractivity contribution < 1.29 is 0 Å². The Bertz CT molecular complexity index is 363. The normalized spacial score (nSPS) is 26.3. The molecule has 2 nitrogen and oxygen atoms in total. The SMILES string of the molecule is CC1CCC(C)N(CCCC(N)c2ccccc2)C1. The van der Waals surface area contributed by atoms with Gasteiger partial charge in [-0.3, -0.25) is 0 Å². The third-order valence-corrected chi connectivity index (χ3v) is 4.43. The molecule has 0 aromatic heterocycles. The molecular formula is C17H28N2. The predicted octanol–water partition coefficient (Wildman–Crippen LogP) is 3.59. The van der Waals surface area contributed by atoms with Crippen LogP contribution in [0.4, 0.5) is 0 Å². The van der Waals surface area contributed by atoms with Gasteiger partial charge in [0.1, 0.15) is 0 Å². The zero-order valence-electron chi connectivity index (χ0n) is 12.4. The minimum absolute atomic E-state index is 0.193. The maximum absolute atomic E-state index is 6.25. The van der Waals surface area contributed by atoms with Crippen LogP contribution in [0, 0.1) is 5.92 Å². The molecule has 106 valence electrons. The summed E-state index contributed by atoms with van der Waals surface area (Å²) in [6.45, 7) is 7.20. The van der Waals surface area contributed by atoms with E-state index in [1.54, 1.807) is 0 Å². The number of likely N-dealkylation sites (tertiary alicyclic amines) is 1. The maximum Gasteiger partial charge on any atom is 0.0295 e. The number of nitrogens with zero attached hydrogens (tertiary/aromatic N) is 1. The second-order valence-corrected chi connectivity index (χ2v) is 6.19. The molecule has 0 radical (unpaired) electrons. The summed E-state index contributed by atoms with van der Waals surface area (Å²) in [6, 6.07) is 11.4. The van der Waals surface area contributed by atoms with Crippen LogP contribution in [0.1, 0.15) is 51.1 Å². The molecule has 2 heteroatoms. The van der Waals surface area contributed by atoms with Crippen LogP contribution in [0.25, 0.3) is 0 Å². The molecule has 1 heterocycles. The molecule has 0 aliphatic carbocycles. The Morgan fingerprint density at radius 1 is 1.21 bits per heavy atom. The van der Waals surface area contributed by atoms with Gasteiger partial charge in [0, 0.05) is 18.6 Å². The van der Waals surface area contributed by atoms with Crippen LogP contribution >= 0.6 is 0 Å². The van der Waals surface area contributed by atoms with E-state index in [4.69, 9.17) is 5.73 Å². The van der Waals surface area contributed by atoms with E-state index in [1.807, 2.05) is 6.07 Å². The van der Waals surface area contributed by atoms with Gasteiger partial charge in [0.05, 0.1) is 0 Å². The van der Waals surface area contributed by atoms with Crippen molar-refractivity contribution in [1.82, 2.24) is 4.90 Å². The van der Waals surface area contributed by atoms with Gasteiger partial charge < -0.3 is 10.6 Å². The minimum Gasteiger partial charge on any atom is -0.324 e. The van der Waals surface area contributed by atoms with Crippen molar-refractivity contribution >= 4 is 0 Å². The van der Waals surface area contributed by atoms with E-state index in [1.165, 1.54) is 37.9 Å². The minimum atomic E-state index is 0.193. The Kier molecular flexibility index (Phi) is 5.41. The molecule has 1 aliphatic heterocycles. The molecule has 1 aromatic rings. The van der Waals surface area contributed by atoms with E-state index in [0.717, 1.165) is 18.4 Å². The van der Waals surface area contributed by atoms with Crippen LogP contribution < -0.4 is 5.73 Å². The highest BCUT2D eigenvalue weighted by Crippen LogP contribution is 2.22. The van der Waals surface area contributed by atoms with Gasteiger partial charge in [0.25, 0.3) is 0 Å². The Labute approximate surface area is 118 Å². The van der Waals surface area contributed by atoms with Crippen molar-refractivity contribution in [2.75, 3.05) is 13.1 Å². The van der Waals surface area contributed by atoms with Crippen molar-refractivity contribution in [3.05, 3.63) is 35.9 Å². The lowest BCUT2D eigenvalue weighted by Gasteiger charge is -2.37. The maximum atomic E-state index is 6.25. The second-order valence-electron chi connectivity index (χ2n) is 6.19. The Morgan fingerprint density at radius 2 is 1.95 bits per heavy atom. The van der Waals surface area contributed by atoms with Gasteiger partial charge in [0.2, 0.25) is 0 Å². The molecule has 1 fully saturated rings. The number of hydrogen-bond acceptors (Lipinski definition) is 2. The summed E-state index contributed by atoms with van der Waals surface area (Å²) in [5.74, 6) is 0.860. The molecule has 1 saturated heterocycles. The van der Waals surface area contributed by atoms with Crippen LogP contribution in [0.15, 0.2) is 30.3 Å². The molecule has 2 rings (SSSR count). The summed E-state index contributed by atoms with van der Waals surface area (Å²) in [5.41, 5.74) is 7.52. The molecule has 2 N–H and O–H groups in total. The largest absolute Gasteiger partial charge is 0.324 e. The van der Waals surface area contributed by atoms with Crippen molar-refractivity contribution in [3.8, 4) is 0 Å². The summed E-state index contributed by atoms with van der Waals surface area (Å²) in [7, 11) is 0. The molecule has 0 amide bonds. The Balaban J connectivity index is 1.74. The Hall–Kier alpha value is -0.860. The van der Waals surface area contributed by atoms with E-state index in [9.17, 15) is 0 Å². The highest BCUT2D eigenvalue weighted by molar-refractivity contribution is 5.18. The fourth-order valence-electron chi connectivity index (χ4n) is 3.07. The lowest BCUT2D eigenvalue weighted by atomic mass is 9.94. The van der Waals surface area contributed by atoms with E-state index in [-0.39, 0.29) is 6.04 Å². The van der Waals surface area contributed by atoms with E-state index in [0.29, 0.717) is 0 Å². The summed E-state index contributed by atoms with van der Waals surface area (Å²) in [6.07, 6.45) is 5.03. The average Bonchev–Trinajstić information content (AvgIpc) is 2.43. The molecule has 0 saturated carbocycles. The van der Waals surface area contributed by atoms with Crippen molar-refractivity contribution in [2.24, 2.45) is 11.7 Å². The summed E-state index contributed by atoms with van der Waals surface area (Å²) < 4.78 is 0. The van der Waals surface area contributed by atoms with Crippen LogP contribution in [0.2, 0.25) is 0 Å².